The topological polar surface area (TPSA) is 66.8 Å². The lowest BCUT2D eigenvalue weighted by molar-refractivity contribution is 0.181. The quantitative estimate of drug-likeness (QED) is 0.648. The first-order chi connectivity index (χ1) is 8.45. The number of thioether (sulfide) groups is 2. The highest BCUT2D eigenvalue weighted by atomic mass is 32.2. The van der Waals surface area contributed by atoms with Crippen molar-refractivity contribution in [2.75, 3.05) is 6.61 Å². The highest BCUT2D eigenvalue weighted by molar-refractivity contribution is 8.13. The zero-order chi connectivity index (χ0) is 13.7. The average Bonchev–Trinajstić information content (AvgIpc) is 2.28. The summed E-state index contributed by atoms with van der Waals surface area (Å²) in [4.78, 5) is 12.1. The first-order valence-corrected chi connectivity index (χ1v) is 7.21. The first-order valence-electron chi connectivity index (χ1n) is 5.51. The van der Waals surface area contributed by atoms with E-state index in [-0.39, 0.29) is 23.4 Å². The Bertz CT molecular complexity index is 432. The van der Waals surface area contributed by atoms with E-state index in [1.54, 1.807) is 6.92 Å². The SMILES string of the molecule is CCOC(=O)Sc1ccc(O)c(SC(C)C)c1O. The minimum Gasteiger partial charge on any atom is -0.507 e. The molecule has 0 aliphatic heterocycles. The molecule has 0 unspecified atom stereocenters. The molecule has 18 heavy (non-hydrogen) atoms. The summed E-state index contributed by atoms with van der Waals surface area (Å²) in [6, 6.07) is 2.96. The smallest absolute Gasteiger partial charge is 0.372 e. The van der Waals surface area contributed by atoms with Crippen LogP contribution < -0.4 is 0 Å². The molecule has 0 saturated carbocycles. The molecule has 0 radical (unpaired) electrons. The Morgan fingerprint density at radius 1 is 1.39 bits per heavy atom. The standard InChI is InChI=1S/C12H16O4S2/c1-4-16-12(15)18-9-6-5-8(13)11(10(9)14)17-7(2)3/h5-7,13-14H,4H2,1-3H3. The van der Waals surface area contributed by atoms with Crippen LogP contribution in [0.25, 0.3) is 0 Å². The second-order valence-electron chi connectivity index (χ2n) is 3.71. The summed E-state index contributed by atoms with van der Waals surface area (Å²) in [7, 11) is 0. The van der Waals surface area contributed by atoms with Crippen LogP contribution in [-0.4, -0.2) is 27.4 Å². The molecular weight excluding hydrogens is 272 g/mol. The molecular formula is C12H16O4S2. The van der Waals surface area contributed by atoms with Gasteiger partial charge in [-0.1, -0.05) is 13.8 Å². The van der Waals surface area contributed by atoms with E-state index in [9.17, 15) is 15.0 Å². The molecule has 0 atom stereocenters. The molecule has 1 aromatic carbocycles. The molecule has 0 amide bonds. The van der Waals surface area contributed by atoms with E-state index in [0.717, 1.165) is 11.8 Å². The van der Waals surface area contributed by atoms with Gasteiger partial charge in [0, 0.05) is 5.25 Å². The molecule has 100 valence electrons. The van der Waals surface area contributed by atoms with Crippen LogP contribution >= 0.6 is 23.5 Å². The van der Waals surface area contributed by atoms with E-state index in [2.05, 4.69) is 0 Å². The van der Waals surface area contributed by atoms with Crippen LogP contribution in [0.4, 0.5) is 4.79 Å². The third kappa shape index (κ3) is 4.03. The second kappa shape index (κ2) is 6.80. The minimum atomic E-state index is -0.473. The summed E-state index contributed by atoms with van der Waals surface area (Å²) < 4.78 is 4.80. The highest BCUT2D eigenvalue weighted by Crippen LogP contribution is 2.44. The summed E-state index contributed by atoms with van der Waals surface area (Å²) >= 11 is 2.15. The van der Waals surface area contributed by atoms with Gasteiger partial charge in [-0.2, -0.15) is 0 Å². The Morgan fingerprint density at radius 3 is 2.61 bits per heavy atom. The number of carbonyl (C=O) groups excluding carboxylic acids is 1. The number of phenols is 2. The van der Waals surface area contributed by atoms with Gasteiger partial charge in [0.25, 0.3) is 0 Å². The maximum absolute atomic E-state index is 11.3. The summed E-state index contributed by atoms with van der Waals surface area (Å²) in [6.07, 6.45) is 0. The zero-order valence-electron chi connectivity index (χ0n) is 10.5. The van der Waals surface area contributed by atoms with Crippen molar-refractivity contribution >= 4 is 28.8 Å². The fraction of sp³-hybridized carbons (Fsp3) is 0.417. The molecule has 0 spiro atoms. The van der Waals surface area contributed by atoms with Crippen molar-refractivity contribution in [2.24, 2.45) is 0 Å². The average molecular weight is 288 g/mol. The van der Waals surface area contributed by atoms with Crippen molar-refractivity contribution in [1.82, 2.24) is 0 Å². The molecule has 1 rings (SSSR count). The maximum Gasteiger partial charge on any atom is 0.372 e. The van der Waals surface area contributed by atoms with E-state index in [1.807, 2.05) is 13.8 Å². The molecule has 4 nitrogen and oxygen atoms in total. The van der Waals surface area contributed by atoms with Gasteiger partial charge >= 0.3 is 5.30 Å². The zero-order valence-corrected chi connectivity index (χ0v) is 12.1. The predicted octanol–water partition coefficient (Wildman–Crippen LogP) is 3.85. The first kappa shape index (κ1) is 15.0. The fourth-order valence-electron chi connectivity index (χ4n) is 1.21. The largest absolute Gasteiger partial charge is 0.507 e. The third-order valence-electron chi connectivity index (χ3n) is 1.88. The number of aromatic hydroxyl groups is 2. The highest BCUT2D eigenvalue weighted by Gasteiger charge is 2.17. The van der Waals surface area contributed by atoms with Crippen LogP contribution in [0.15, 0.2) is 21.9 Å². The molecule has 6 heteroatoms. The Hall–Kier alpha value is -1.01. The molecule has 2 N–H and O–H groups in total. The van der Waals surface area contributed by atoms with Gasteiger partial charge in [-0.05, 0) is 30.8 Å². The van der Waals surface area contributed by atoms with E-state index < -0.39 is 5.30 Å². The number of phenolic OH excluding ortho intramolecular Hbond substituents is 2. The van der Waals surface area contributed by atoms with Gasteiger partial charge in [-0.15, -0.1) is 11.8 Å². The summed E-state index contributed by atoms with van der Waals surface area (Å²) in [5.41, 5.74) is 0. The normalized spacial score (nSPS) is 10.7. The van der Waals surface area contributed by atoms with Crippen molar-refractivity contribution in [1.29, 1.82) is 0 Å². The van der Waals surface area contributed by atoms with Gasteiger partial charge in [0.1, 0.15) is 11.5 Å². The van der Waals surface area contributed by atoms with E-state index in [4.69, 9.17) is 4.74 Å². The minimum absolute atomic E-state index is 0.0133. The fourth-order valence-corrected chi connectivity index (χ4v) is 2.85. The number of hydrogen-bond acceptors (Lipinski definition) is 6. The lowest BCUT2D eigenvalue weighted by Gasteiger charge is -2.12. The lowest BCUT2D eigenvalue weighted by Crippen LogP contribution is -1.96. The van der Waals surface area contributed by atoms with E-state index in [1.165, 1.54) is 23.9 Å². The third-order valence-corrected chi connectivity index (χ3v) is 3.83. The molecule has 0 aliphatic rings. The van der Waals surface area contributed by atoms with Gasteiger partial charge in [0.05, 0.1) is 16.4 Å². The van der Waals surface area contributed by atoms with Crippen LogP contribution in [0, 0.1) is 0 Å². The van der Waals surface area contributed by atoms with E-state index in [0.29, 0.717) is 9.79 Å². The maximum atomic E-state index is 11.3. The second-order valence-corrected chi connectivity index (χ2v) is 6.28. The molecule has 0 aliphatic carbocycles. The molecule has 0 fully saturated rings. The van der Waals surface area contributed by atoms with Crippen LogP contribution in [0.2, 0.25) is 0 Å². The predicted molar refractivity (Wildman–Crippen MR) is 73.6 cm³/mol. The monoisotopic (exact) mass is 288 g/mol. The molecule has 0 saturated heterocycles. The van der Waals surface area contributed by atoms with Gasteiger partial charge < -0.3 is 14.9 Å². The summed E-state index contributed by atoms with van der Waals surface area (Å²) in [5.74, 6) is -0.0637. The Morgan fingerprint density at radius 2 is 2.06 bits per heavy atom. The summed E-state index contributed by atoms with van der Waals surface area (Å²) in [5, 5.41) is 19.5. The summed E-state index contributed by atoms with van der Waals surface area (Å²) in [6.45, 7) is 5.91. The Labute approximate surface area is 115 Å². The van der Waals surface area contributed by atoms with Crippen molar-refractivity contribution in [2.45, 2.75) is 35.8 Å². The van der Waals surface area contributed by atoms with Crippen molar-refractivity contribution in [3.8, 4) is 11.5 Å². The number of ether oxygens (including phenoxy) is 1. The number of hydrogen-bond donors (Lipinski definition) is 2. The van der Waals surface area contributed by atoms with Crippen LogP contribution in [0.3, 0.4) is 0 Å². The lowest BCUT2D eigenvalue weighted by atomic mass is 10.3. The van der Waals surface area contributed by atoms with Crippen LogP contribution in [0.5, 0.6) is 11.5 Å². The van der Waals surface area contributed by atoms with Crippen LogP contribution in [-0.2, 0) is 4.74 Å². The van der Waals surface area contributed by atoms with Crippen LogP contribution in [0.1, 0.15) is 20.8 Å². The number of carbonyl (C=O) groups is 1. The van der Waals surface area contributed by atoms with Gasteiger partial charge in [0.2, 0.25) is 0 Å². The van der Waals surface area contributed by atoms with Crippen molar-refractivity contribution in [3.63, 3.8) is 0 Å². The van der Waals surface area contributed by atoms with Gasteiger partial charge in [-0.25, -0.2) is 4.79 Å². The van der Waals surface area contributed by atoms with Gasteiger partial charge in [0.15, 0.2) is 0 Å². The molecule has 0 heterocycles. The number of benzene rings is 1. The molecule has 0 aromatic heterocycles. The van der Waals surface area contributed by atoms with Gasteiger partial charge in [-0.3, -0.25) is 0 Å². The van der Waals surface area contributed by atoms with Crippen molar-refractivity contribution < 1.29 is 19.7 Å². The Balaban J connectivity index is 2.97. The number of rotatable bonds is 4. The van der Waals surface area contributed by atoms with Crippen molar-refractivity contribution in [3.05, 3.63) is 12.1 Å². The molecule has 0 bridgehead atoms. The Kier molecular flexibility index (Phi) is 5.68. The van der Waals surface area contributed by atoms with E-state index >= 15 is 0 Å². The molecule has 1 aromatic rings.